The van der Waals surface area contributed by atoms with Crippen LogP contribution in [0.4, 0.5) is 15.8 Å². The van der Waals surface area contributed by atoms with E-state index in [1.807, 2.05) is 0 Å². The number of benzene rings is 1. The van der Waals surface area contributed by atoms with E-state index in [1.54, 1.807) is 0 Å². The highest BCUT2D eigenvalue weighted by Gasteiger charge is 2.14. The van der Waals surface area contributed by atoms with Gasteiger partial charge in [-0.1, -0.05) is 0 Å². The van der Waals surface area contributed by atoms with Crippen molar-refractivity contribution in [2.24, 2.45) is 0 Å². The molecule has 5 heteroatoms. The fraction of sp³-hybridized carbons (Fsp3) is 0.455. The van der Waals surface area contributed by atoms with Crippen molar-refractivity contribution in [2.45, 2.75) is 6.10 Å². The van der Waals surface area contributed by atoms with Gasteiger partial charge in [-0.15, -0.1) is 0 Å². The van der Waals surface area contributed by atoms with Crippen LogP contribution in [0.3, 0.4) is 0 Å². The molecule has 1 saturated heterocycles. The van der Waals surface area contributed by atoms with E-state index in [1.165, 1.54) is 18.2 Å². The summed E-state index contributed by atoms with van der Waals surface area (Å²) < 4.78 is 23.7. The van der Waals surface area contributed by atoms with Crippen molar-refractivity contribution in [2.75, 3.05) is 37.4 Å². The Balaban J connectivity index is 1.90. The van der Waals surface area contributed by atoms with Crippen LogP contribution in [-0.4, -0.2) is 32.5 Å². The lowest BCUT2D eigenvalue weighted by atomic mass is 10.2. The van der Waals surface area contributed by atoms with Crippen molar-refractivity contribution >= 4 is 11.4 Å². The predicted octanol–water partition coefficient (Wildman–Crippen LogP) is 1.24. The molecule has 3 N–H and O–H groups in total. The van der Waals surface area contributed by atoms with Crippen molar-refractivity contribution < 1.29 is 13.9 Å². The highest BCUT2D eigenvalue weighted by atomic mass is 19.1. The first-order valence-corrected chi connectivity index (χ1v) is 5.24. The van der Waals surface area contributed by atoms with Crippen molar-refractivity contribution in [3.05, 3.63) is 24.0 Å². The molecule has 4 nitrogen and oxygen atoms in total. The van der Waals surface area contributed by atoms with Gasteiger partial charge in [0.1, 0.15) is 5.82 Å². The molecule has 88 valence electrons. The molecular weight excluding hydrogens is 211 g/mol. The molecule has 0 aromatic heterocycles. The van der Waals surface area contributed by atoms with E-state index in [4.69, 9.17) is 15.2 Å². The van der Waals surface area contributed by atoms with E-state index < -0.39 is 0 Å². The summed E-state index contributed by atoms with van der Waals surface area (Å²) in [6, 6.07) is 4.25. The van der Waals surface area contributed by atoms with E-state index in [0.29, 0.717) is 37.7 Å². The van der Waals surface area contributed by atoms with E-state index in [-0.39, 0.29) is 11.9 Å². The summed E-state index contributed by atoms with van der Waals surface area (Å²) in [7, 11) is 0. The molecule has 0 saturated carbocycles. The minimum absolute atomic E-state index is 0.00332. The molecule has 0 radical (unpaired) electrons. The Morgan fingerprint density at radius 2 is 2.31 bits per heavy atom. The van der Waals surface area contributed by atoms with E-state index in [0.717, 1.165) is 0 Å². The fourth-order valence-corrected chi connectivity index (χ4v) is 1.56. The van der Waals surface area contributed by atoms with Gasteiger partial charge in [-0.05, 0) is 18.2 Å². The average Bonchev–Trinajstić information content (AvgIpc) is 2.32. The number of nitrogens with two attached hydrogens (primary N) is 1. The first-order chi connectivity index (χ1) is 7.75. The summed E-state index contributed by atoms with van der Waals surface area (Å²) in [6.07, 6.45) is -0.00332. The molecule has 0 bridgehead atoms. The Kier molecular flexibility index (Phi) is 3.58. The largest absolute Gasteiger partial charge is 0.397 e. The summed E-state index contributed by atoms with van der Waals surface area (Å²) in [5, 5.41) is 3.05. The monoisotopic (exact) mass is 226 g/mol. The minimum Gasteiger partial charge on any atom is -0.397 e. The smallest absolute Gasteiger partial charge is 0.125 e. The van der Waals surface area contributed by atoms with Crippen LogP contribution in [-0.2, 0) is 9.47 Å². The van der Waals surface area contributed by atoms with Gasteiger partial charge in [-0.3, -0.25) is 0 Å². The van der Waals surface area contributed by atoms with Gasteiger partial charge < -0.3 is 20.5 Å². The number of nitrogens with one attached hydrogen (secondary N) is 1. The first kappa shape index (κ1) is 11.2. The summed E-state index contributed by atoms with van der Waals surface area (Å²) in [6.45, 7) is 2.36. The molecule has 0 spiro atoms. The maximum Gasteiger partial charge on any atom is 0.125 e. The van der Waals surface area contributed by atoms with Gasteiger partial charge >= 0.3 is 0 Å². The second-order valence-corrected chi connectivity index (χ2v) is 3.68. The van der Waals surface area contributed by atoms with Crippen LogP contribution in [0.25, 0.3) is 0 Å². The summed E-state index contributed by atoms with van der Waals surface area (Å²) in [4.78, 5) is 0. The molecule has 0 amide bonds. The van der Waals surface area contributed by atoms with Crippen molar-refractivity contribution in [1.29, 1.82) is 0 Å². The molecule has 16 heavy (non-hydrogen) atoms. The van der Waals surface area contributed by atoms with Gasteiger partial charge in [0.15, 0.2) is 0 Å². The molecule has 1 fully saturated rings. The van der Waals surface area contributed by atoms with Gasteiger partial charge in [0, 0.05) is 6.54 Å². The second-order valence-electron chi connectivity index (χ2n) is 3.68. The van der Waals surface area contributed by atoms with Gasteiger partial charge in [0.05, 0.1) is 37.3 Å². The quantitative estimate of drug-likeness (QED) is 0.761. The Morgan fingerprint density at radius 1 is 1.44 bits per heavy atom. The number of anilines is 2. The van der Waals surface area contributed by atoms with Crippen molar-refractivity contribution in [1.82, 2.24) is 0 Å². The molecule has 0 aliphatic carbocycles. The number of nitrogen functional groups attached to an aromatic ring is 1. The summed E-state index contributed by atoms with van der Waals surface area (Å²) >= 11 is 0. The minimum atomic E-state index is -0.308. The average molecular weight is 226 g/mol. The molecule has 1 atom stereocenters. The van der Waals surface area contributed by atoms with Gasteiger partial charge in [0.2, 0.25) is 0 Å². The highest BCUT2D eigenvalue weighted by molar-refractivity contribution is 5.65. The van der Waals surface area contributed by atoms with Crippen LogP contribution in [0.1, 0.15) is 0 Å². The molecule has 1 aliphatic heterocycles. The van der Waals surface area contributed by atoms with E-state index in [2.05, 4.69) is 5.32 Å². The summed E-state index contributed by atoms with van der Waals surface area (Å²) in [5.41, 5.74) is 6.82. The third-order valence-electron chi connectivity index (χ3n) is 2.42. The Hall–Kier alpha value is -1.33. The zero-order valence-electron chi connectivity index (χ0n) is 8.91. The van der Waals surface area contributed by atoms with Gasteiger partial charge in [0.25, 0.3) is 0 Å². The third-order valence-corrected chi connectivity index (χ3v) is 2.42. The maximum atomic E-state index is 13.0. The van der Waals surface area contributed by atoms with E-state index in [9.17, 15) is 4.39 Å². The van der Waals surface area contributed by atoms with Crippen LogP contribution in [0.15, 0.2) is 18.2 Å². The summed E-state index contributed by atoms with van der Waals surface area (Å²) in [5.74, 6) is -0.308. The highest BCUT2D eigenvalue weighted by Crippen LogP contribution is 2.19. The molecule has 1 aromatic rings. The lowest BCUT2D eigenvalue weighted by Crippen LogP contribution is -2.34. The molecule has 1 aliphatic rings. The Labute approximate surface area is 93.5 Å². The third kappa shape index (κ3) is 2.84. The molecule has 1 unspecified atom stereocenters. The maximum absolute atomic E-state index is 13.0. The Bertz CT molecular complexity index is 354. The number of hydrogen-bond donors (Lipinski definition) is 2. The SMILES string of the molecule is Nc1ccc(F)cc1NCC1COCCO1. The topological polar surface area (TPSA) is 56.5 Å². The molecule has 2 rings (SSSR count). The van der Waals surface area contributed by atoms with Crippen LogP contribution in [0, 0.1) is 5.82 Å². The molecule has 1 heterocycles. The second kappa shape index (κ2) is 5.14. The number of rotatable bonds is 3. The van der Waals surface area contributed by atoms with Crippen molar-refractivity contribution in [3.63, 3.8) is 0 Å². The fourth-order valence-electron chi connectivity index (χ4n) is 1.56. The zero-order chi connectivity index (χ0) is 11.4. The lowest BCUT2D eigenvalue weighted by Gasteiger charge is -2.23. The predicted molar refractivity (Wildman–Crippen MR) is 59.9 cm³/mol. The van der Waals surface area contributed by atoms with Crippen LogP contribution in [0.2, 0.25) is 0 Å². The zero-order valence-corrected chi connectivity index (χ0v) is 8.91. The van der Waals surface area contributed by atoms with Crippen LogP contribution in [0.5, 0.6) is 0 Å². The number of hydrogen-bond acceptors (Lipinski definition) is 4. The molecular formula is C11H15FN2O2. The van der Waals surface area contributed by atoms with Gasteiger partial charge in [-0.25, -0.2) is 4.39 Å². The lowest BCUT2D eigenvalue weighted by molar-refractivity contribution is -0.0818. The normalized spacial score (nSPS) is 20.7. The number of halogens is 1. The number of ether oxygens (including phenoxy) is 2. The van der Waals surface area contributed by atoms with Crippen molar-refractivity contribution in [3.8, 4) is 0 Å². The first-order valence-electron chi connectivity index (χ1n) is 5.24. The van der Waals surface area contributed by atoms with Crippen LogP contribution >= 0.6 is 0 Å². The standard InChI is InChI=1S/C11H15FN2O2/c12-8-1-2-10(13)11(5-8)14-6-9-7-15-3-4-16-9/h1-2,5,9,14H,3-4,6-7,13H2. The van der Waals surface area contributed by atoms with Crippen LogP contribution < -0.4 is 11.1 Å². The van der Waals surface area contributed by atoms with E-state index >= 15 is 0 Å². The van der Waals surface area contributed by atoms with Gasteiger partial charge in [-0.2, -0.15) is 0 Å². The Morgan fingerprint density at radius 3 is 3.06 bits per heavy atom. The molecule has 1 aromatic carbocycles.